The third-order valence-electron chi connectivity index (χ3n) is 3.07. The van der Waals surface area contributed by atoms with Gasteiger partial charge in [-0.2, -0.15) is 0 Å². The van der Waals surface area contributed by atoms with Gasteiger partial charge in [0.1, 0.15) is 5.41 Å². The number of benzene rings is 1. The van der Waals surface area contributed by atoms with Crippen molar-refractivity contribution in [3.8, 4) is 0 Å². The fourth-order valence-corrected chi connectivity index (χ4v) is 2.19. The highest BCUT2D eigenvalue weighted by molar-refractivity contribution is 9.10. The van der Waals surface area contributed by atoms with Crippen LogP contribution in [0.1, 0.15) is 5.56 Å². The minimum Gasteiger partial charge on any atom is -0.379 e. The quantitative estimate of drug-likeness (QED) is 0.892. The molecule has 4 nitrogen and oxygen atoms in total. The molecule has 0 aromatic heterocycles. The van der Waals surface area contributed by atoms with E-state index in [1.165, 1.54) is 0 Å². The lowest BCUT2D eigenvalue weighted by Gasteiger charge is -2.38. The summed E-state index contributed by atoms with van der Waals surface area (Å²) in [6.07, 6.45) is 0. The van der Waals surface area contributed by atoms with Gasteiger partial charge in [-0.1, -0.05) is 15.9 Å². The number of hydrogen-bond donors (Lipinski definition) is 2. The van der Waals surface area contributed by atoms with E-state index in [0.29, 0.717) is 19.8 Å². The molecule has 1 amide bonds. The molecular formula is C12H15BrN2O2. The lowest BCUT2D eigenvalue weighted by molar-refractivity contribution is -0.153. The molecule has 0 unspecified atom stereocenters. The zero-order chi connectivity index (χ0) is 12.5. The van der Waals surface area contributed by atoms with Crippen LogP contribution in [-0.2, 0) is 9.53 Å². The number of nitrogens with two attached hydrogens (primary N) is 1. The predicted molar refractivity (Wildman–Crippen MR) is 69.8 cm³/mol. The molecule has 0 radical (unpaired) electrons. The highest BCUT2D eigenvalue weighted by Crippen LogP contribution is 2.29. The zero-order valence-electron chi connectivity index (χ0n) is 9.63. The summed E-state index contributed by atoms with van der Waals surface area (Å²) >= 11 is 3.39. The Balaban J connectivity index is 2.13. The SMILES string of the molecule is Cc1cc(Br)ccc1NC(=O)C1(CN)COC1. The van der Waals surface area contributed by atoms with E-state index in [2.05, 4.69) is 21.2 Å². The Bertz CT molecular complexity index is 439. The summed E-state index contributed by atoms with van der Waals surface area (Å²) in [4.78, 5) is 12.1. The summed E-state index contributed by atoms with van der Waals surface area (Å²) in [5, 5.41) is 2.91. The van der Waals surface area contributed by atoms with Crippen molar-refractivity contribution in [2.45, 2.75) is 6.92 Å². The van der Waals surface area contributed by atoms with Gasteiger partial charge in [0.15, 0.2) is 0 Å². The lowest BCUT2D eigenvalue weighted by Crippen LogP contribution is -2.56. The van der Waals surface area contributed by atoms with Crippen LogP contribution in [0.15, 0.2) is 22.7 Å². The van der Waals surface area contributed by atoms with E-state index in [1.807, 2.05) is 25.1 Å². The number of aryl methyl sites for hydroxylation is 1. The number of nitrogens with one attached hydrogen (secondary N) is 1. The summed E-state index contributed by atoms with van der Waals surface area (Å²) in [6.45, 7) is 3.08. The normalized spacial score (nSPS) is 17.4. The Kier molecular flexibility index (Phi) is 3.51. The first-order chi connectivity index (χ1) is 8.07. The smallest absolute Gasteiger partial charge is 0.236 e. The predicted octanol–water partition coefficient (Wildman–Crippen LogP) is 1.67. The highest BCUT2D eigenvalue weighted by atomic mass is 79.9. The first-order valence-electron chi connectivity index (χ1n) is 5.43. The second-order valence-corrected chi connectivity index (χ2v) is 5.31. The Morgan fingerprint density at radius 3 is 2.76 bits per heavy atom. The molecule has 5 heteroatoms. The minimum absolute atomic E-state index is 0.0586. The van der Waals surface area contributed by atoms with E-state index in [0.717, 1.165) is 15.7 Å². The van der Waals surface area contributed by atoms with Crippen LogP contribution in [0.5, 0.6) is 0 Å². The molecule has 92 valence electrons. The fourth-order valence-electron chi connectivity index (χ4n) is 1.71. The highest BCUT2D eigenvalue weighted by Gasteiger charge is 2.44. The van der Waals surface area contributed by atoms with Crippen LogP contribution >= 0.6 is 15.9 Å². The second kappa shape index (κ2) is 4.76. The number of hydrogen-bond acceptors (Lipinski definition) is 3. The molecule has 0 saturated carbocycles. The van der Waals surface area contributed by atoms with Crippen molar-refractivity contribution in [2.24, 2.45) is 11.1 Å². The van der Waals surface area contributed by atoms with Gasteiger partial charge in [0.05, 0.1) is 13.2 Å². The summed E-state index contributed by atoms with van der Waals surface area (Å²) < 4.78 is 6.08. The van der Waals surface area contributed by atoms with Gasteiger partial charge in [-0.15, -0.1) is 0 Å². The van der Waals surface area contributed by atoms with Crippen molar-refractivity contribution < 1.29 is 9.53 Å². The standard InChI is InChI=1S/C12H15BrN2O2/c1-8-4-9(13)2-3-10(8)15-11(16)12(5-14)6-17-7-12/h2-4H,5-7,14H2,1H3,(H,15,16). The molecule has 17 heavy (non-hydrogen) atoms. The molecule has 1 aromatic carbocycles. The van der Waals surface area contributed by atoms with Crippen molar-refractivity contribution in [1.82, 2.24) is 0 Å². The number of rotatable bonds is 3. The van der Waals surface area contributed by atoms with Crippen LogP contribution in [0.25, 0.3) is 0 Å². The Morgan fingerprint density at radius 1 is 1.59 bits per heavy atom. The van der Waals surface area contributed by atoms with E-state index >= 15 is 0 Å². The topological polar surface area (TPSA) is 64.4 Å². The van der Waals surface area contributed by atoms with Gasteiger partial charge in [0, 0.05) is 16.7 Å². The second-order valence-electron chi connectivity index (χ2n) is 4.39. The number of carbonyl (C=O) groups excluding carboxylic acids is 1. The van der Waals surface area contributed by atoms with Crippen LogP contribution in [0.3, 0.4) is 0 Å². The summed E-state index contributed by atoms with van der Waals surface area (Å²) in [6, 6.07) is 5.73. The van der Waals surface area contributed by atoms with Crippen LogP contribution in [0.2, 0.25) is 0 Å². The monoisotopic (exact) mass is 298 g/mol. The average Bonchev–Trinajstić information content (AvgIpc) is 2.21. The Morgan fingerprint density at radius 2 is 2.29 bits per heavy atom. The maximum absolute atomic E-state index is 12.1. The number of anilines is 1. The maximum atomic E-state index is 12.1. The van der Waals surface area contributed by atoms with Crippen LogP contribution < -0.4 is 11.1 Å². The molecule has 1 aromatic rings. The largest absolute Gasteiger partial charge is 0.379 e. The average molecular weight is 299 g/mol. The molecule has 1 aliphatic heterocycles. The number of halogens is 1. The van der Waals surface area contributed by atoms with Crippen LogP contribution in [0.4, 0.5) is 5.69 Å². The van der Waals surface area contributed by atoms with Crippen LogP contribution in [-0.4, -0.2) is 25.7 Å². The van der Waals surface area contributed by atoms with Crippen molar-refractivity contribution in [3.05, 3.63) is 28.2 Å². The molecule has 1 saturated heterocycles. The van der Waals surface area contributed by atoms with Crippen molar-refractivity contribution in [1.29, 1.82) is 0 Å². The molecule has 1 fully saturated rings. The van der Waals surface area contributed by atoms with E-state index in [4.69, 9.17) is 10.5 Å². The lowest BCUT2D eigenvalue weighted by atomic mass is 9.85. The zero-order valence-corrected chi connectivity index (χ0v) is 11.2. The van der Waals surface area contributed by atoms with E-state index in [1.54, 1.807) is 0 Å². The van der Waals surface area contributed by atoms with Gasteiger partial charge in [-0.05, 0) is 30.7 Å². The molecule has 0 bridgehead atoms. The van der Waals surface area contributed by atoms with Gasteiger partial charge in [0.25, 0.3) is 0 Å². The molecule has 0 aliphatic carbocycles. The molecule has 1 aliphatic rings. The van der Waals surface area contributed by atoms with Crippen molar-refractivity contribution in [2.75, 3.05) is 25.1 Å². The van der Waals surface area contributed by atoms with Gasteiger partial charge in [0.2, 0.25) is 5.91 Å². The molecule has 2 rings (SSSR count). The molecule has 0 spiro atoms. The number of carbonyl (C=O) groups is 1. The first-order valence-corrected chi connectivity index (χ1v) is 6.22. The summed E-state index contributed by atoms with van der Waals surface area (Å²) in [5.74, 6) is -0.0586. The first kappa shape index (κ1) is 12.5. The van der Waals surface area contributed by atoms with E-state index in [-0.39, 0.29) is 5.91 Å². The van der Waals surface area contributed by atoms with E-state index < -0.39 is 5.41 Å². The van der Waals surface area contributed by atoms with Crippen LogP contribution in [0, 0.1) is 12.3 Å². The number of amides is 1. The molecule has 1 heterocycles. The van der Waals surface area contributed by atoms with Gasteiger partial charge in [-0.25, -0.2) is 0 Å². The Hall–Kier alpha value is -0.910. The minimum atomic E-state index is -0.542. The third-order valence-corrected chi connectivity index (χ3v) is 3.56. The molecule has 3 N–H and O–H groups in total. The van der Waals surface area contributed by atoms with Gasteiger partial charge in [-0.3, -0.25) is 4.79 Å². The molecule has 0 atom stereocenters. The number of ether oxygens (including phenoxy) is 1. The van der Waals surface area contributed by atoms with Crippen molar-refractivity contribution >= 4 is 27.5 Å². The molecular weight excluding hydrogens is 284 g/mol. The van der Waals surface area contributed by atoms with Crippen molar-refractivity contribution in [3.63, 3.8) is 0 Å². The fraction of sp³-hybridized carbons (Fsp3) is 0.417. The Labute approximate surface area is 109 Å². The summed E-state index contributed by atoms with van der Waals surface area (Å²) in [5.41, 5.74) is 6.93. The third kappa shape index (κ3) is 2.36. The van der Waals surface area contributed by atoms with Gasteiger partial charge < -0.3 is 15.8 Å². The summed E-state index contributed by atoms with van der Waals surface area (Å²) in [7, 11) is 0. The van der Waals surface area contributed by atoms with Gasteiger partial charge >= 0.3 is 0 Å². The van der Waals surface area contributed by atoms with E-state index in [9.17, 15) is 4.79 Å². The maximum Gasteiger partial charge on any atom is 0.236 e.